The third-order valence-corrected chi connectivity index (χ3v) is 2.81. The number of ether oxygens (including phenoxy) is 1. The molecule has 0 saturated heterocycles. The van der Waals surface area contributed by atoms with Crippen LogP contribution in [0.15, 0.2) is 18.2 Å². The zero-order valence-corrected chi connectivity index (χ0v) is 8.62. The van der Waals surface area contributed by atoms with Crippen LogP contribution < -0.4 is 11.5 Å². The standard InChI is InChI=1S/C11H14N2O2/c1-15-10(14)9-7(11(13)5-6-11)3-2-4-8(9)12/h2-4H,5-6,12-13H2,1H3. The Bertz CT molecular complexity index is 411. The van der Waals surface area contributed by atoms with Crippen molar-refractivity contribution in [1.29, 1.82) is 0 Å². The van der Waals surface area contributed by atoms with Crippen LogP contribution in [0, 0.1) is 0 Å². The van der Waals surface area contributed by atoms with E-state index in [0.29, 0.717) is 11.3 Å². The lowest BCUT2D eigenvalue weighted by molar-refractivity contribution is 0.0600. The van der Waals surface area contributed by atoms with E-state index in [9.17, 15) is 4.79 Å². The molecule has 1 aliphatic carbocycles. The summed E-state index contributed by atoms with van der Waals surface area (Å²) in [6.45, 7) is 0. The number of carbonyl (C=O) groups excluding carboxylic acids is 1. The Labute approximate surface area is 88.2 Å². The van der Waals surface area contributed by atoms with Gasteiger partial charge >= 0.3 is 5.97 Å². The summed E-state index contributed by atoms with van der Waals surface area (Å²) in [6, 6.07) is 5.33. The van der Waals surface area contributed by atoms with Gasteiger partial charge in [-0.15, -0.1) is 0 Å². The third-order valence-electron chi connectivity index (χ3n) is 2.81. The van der Waals surface area contributed by atoms with Gasteiger partial charge in [0.15, 0.2) is 0 Å². The first-order chi connectivity index (χ1) is 7.08. The van der Waals surface area contributed by atoms with Gasteiger partial charge in [0.1, 0.15) is 0 Å². The van der Waals surface area contributed by atoms with Crippen molar-refractivity contribution >= 4 is 11.7 Å². The maximum absolute atomic E-state index is 11.6. The Hall–Kier alpha value is -1.55. The van der Waals surface area contributed by atoms with Gasteiger partial charge in [-0.3, -0.25) is 0 Å². The molecule has 0 spiro atoms. The number of benzene rings is 1. The van der Waals surface area contributed by atoms with Crippen LogP contribution in [0.25, 0.3) is 0 Å². The number of methoxy groups -OCH3 is 1. The molecule has 15 heavy (non-hydrogen) atoms. The zero-order chi connectivity index (χ0) is 11.1. The highest BCUT2D eigenvalue weighted by Gasteiger charge is 2.43. The predicted octanol–water partition coefficient (Wildman–Crippen LogP) is 1.00. The summed E-state index contributed by atoms with van der Waals surface area (Å²) >= 11 is 0. The Balaban J connectivity index is 2.54. The van der Waals surface area contributed by atoms with Crippen molar-refractivity contribution in [2.24, 2.45) is 5.73 Å². The second-order valence-electron chi connectivity index (χ2n) is 3.92. The van der Waals surface area contributed by atoms with Crippen molar-refractivity contribution in [3.8, 4) is 0 Å². The van der Waals surface area contributed by atoms with Gasteiger partial charge in [0.25, 0.3) is 0 Å². The summed E-state index contributed by atoms with van der Waals surface area (Å²) in [7, 11) is 1.34. The molecule has 4 heteroatoms. The highest BCUT2D eigenvalue weighted by Crippen LogP contribution is 2.45. The highest BCUT2D eigenvalue weighted by molar-refractivity contribution is 5.97. The Morgan fingerprint density at radius 1 is 1.47 bits per heavy atom. The molecule has 2 rings (SSSR count). The Morgan fingerprint density at radius 2 is 2.13 bits per heavy atom. The molecule has 0 atom stereocenters. The van der Waals surface area contributed by atoms with Crippen molar-refractivity contribution in [2.45, 2.75) is 18.4 Å². The van der Waals surface area contributed by atoms with E-state index in [0.717, 1.165) is 18.4 Å². The predicted molar refractivity (Wildman–Crippen MR) is 57.3 cm³/mol. The number of hydrogen-bond acceptors (Lipinski definition) is 4. The second kappa shape index (κ2) is 3.24. The number of carbonyl (C=O) groups is 1. The summed E-state index contributed by atoms with van der Waals surface area (Å²) < 4.78 is 4.71. The molecular formula is C11H14N2O2. The van der Waals surface area contributed by atoms with Gasteiger partial charge in [-0.05, 0) is 24.5 Å². The Kier molecular flexibility index (Phi) is 2.16. The molecule has 1 fully saturated rings. The molecule has 4 N–H and O–H groups in total. The van der Waals surface area contributed by atoms with Crippen LogP contribution in [-0.4, -0.2) is 13.1 Å². The molecule has 0 aromatic heterocycles. The van der Waals surface area contributed by atoms with E-state index in [1.54, 1.807) is 6.07 Å². The lowest BCUT2D eigenvalue weighted by Crippen LogP contribution is -2.23. The van der Waals surface area contributed by atoms with Gasteiger partial charge in [-0.1, -0.05) is 12.1 Å². The molecule has 0 heterocycles. The van der Waals surface area contributed by atoms with Crippen LogP contribution in [0.1, 0.15) is 28.8 Å². The number of esters is 1. The molecule has 0 amide bonds. The van der Waals surface area contributed by atoms with E-state index in [2.05, 4.69) is 0 Å². The summed E-state index contributed by atoms with van der Waals surface area (Å²) in [6.07, 6.45) is 1.78. The number of anilines is 1. The summed E-state index contributed by atoms with van der Waals surface area (Å²) in [5.74, 6) is -0.417. The fourth-order valence-corrected chi connectivity index (χ4v) is 1.72. The van der Waals surface area contributed by atoms with Crippen LogP contribution in [-0.2, 0) is 10.3 Å². The van der Waals surface area contributed by atoms with Crippen molar-refractivity contribution in [1.82, 2.24) is 0 Å². The van der Waals surface area contributed by atoms with E-state index in [1.165, 1.54) is 7.11 Å². The largest absolute Gasteiger partial charge is 0.465 e. The van der Waals surface area contributed by atoms with Crippen LogP contribution >= 0.6 is 0 Å². The van der Waals surface area contributed by atoms with Crippen LogP contribution in [0.5, 0.6) is 0 Å². The monoisotopic (exact) mass is 206 g/mol. The molecular weight excluding hydrogens is 192 g/mol. The molecule has 0 bridgehead atoms. The number of hydrogen-bond donors (Lipinski definition) is 2. The van der Waals surface area contributed by atoms with E-state index < -0.39 is 5.97 Å². The fraction of sp³-hybridized carbons (Fsp3) is 0.364. The van der Waals surface area contributed by atoms with Gasteiger partial charge in [-0.25, -0.2) is 4.79 Å². The molecule has 1 aromatic carbocycles. The highest BCUT2D eigenvalue weighted by atomic mass is 16.5. The average Bonchev–Trinajstić information content (AvgIpc) is 2.96. The van der Waals surface area contributed by atoms with E-state index >= 15 is 0 Å². The molecule has 1 saturated carbocycles. The molecule has 4 nitrogen and oxygen atoms in total. The number of nitrogens with two attached hydrogens (primary N) is 2. The normalized spacial score (nSPS) is 17.2. The van der Waals surface area contributed by atoms with Crippen LogP contribution in [0.4, 0.5) is 5.69 Å². The smallest absolute Gasteiger partial charge is 0.340 e. The quantitative estimate of drug-likeness (QED) is 0.559. The fourth-order valence-electron chi connectivity index (χ4n) is 1.72. The minimum Gasteiger partial charge on any atom is -0.465 e. The van der Waals surface area contributed by atoms with Gasteiger partial charge in [0.05, 0.1) is 12.7 Å². The minimum atomic E-state index is -0.417. The molecule has 0 unspecified atom stereocenters. The lowest BCUT2D eigenvalue weighted by Gasteiger charge is -2.15. The van der Waals surface area contributed by atoms with Crippen molar-refractivity contribution in [2.75, 3.05) is 12.8 Å². The van der Waals surface area contributed by atoms with Gasteiger partial charge in [0, 0.05) is 11.2 Å². The summed E-state index contributed by atoms with van der Waals surface area (Å²) in [5.41, 5.74) is 13.1. The van der Waals surface area contributed by atoms with E-state index in [4.69, 9.17) is 16.2 Å². The molecule has 0 aliphatic heterocycles. The topological polar surface area (TPSA) is 78.3 Å². The maximum Gasteiger partial charge on any atom is 0.340 e. The van der Waals surface area contributed by atoms with Crippen molar-refractivity contribution < 1.29 is 9.53 Å². The molecule has 1 aliphatic rings. The summed E-state index contributed by atoms with van der Waals surface area (Å²) in [4.78, 5) is 11.6. The van der Waals surface area contributed by atoms with E-state index in [1.807, 2.05) is 12.1 Å². The first kappa shape index (κ1) is 9.98. The van der Waals surface area contributed by atoms with Crippen molar-refractivity contribution in [3.63, 3.8) is 0 Å². The van der Waals surface area contributed by atoms with E-state index in [-0.39, 0.29) is 5.54 Å². The molecule has 0 radical (unpaired) electrons. The molecule has 80 valence electrons. The van der Waals surface area contributed by atoms with Crippen molar-refractivity contribution in [3.05, 3.63) is 29.3 Å². The average molecular weight is 206 g/mol. The van der Waals surface area contributed by atoms with Crippen LogP contribution in [0.2, 0.25) is 0 Å². The number of nitrogen functional groups attached to an aromatic ring is 1. The zero-order valence-electron chi connectivity index (χ0n) is 8.62. The van der Waals surface area contributed by atoms with Gasteiger partial charge in [-0.2, -0.15) is 0 Å². The first-order valence-electron chi connectivity index (χ1n) is 4.84. The number of rotatable bonds is 2. The summed E-state index contributed by atoms with van der Waals surface area (Å²) in [5, 5.41) is 0. The lowest BCUT2D eigenvalue weighted by atomic mass is 9.97. The van der Waals surface area contributed by atoms with Crippen LogP contribution in [0.3, 0.4) is 0 Å². The second-order valence-corrected chi connectivity index (χ2v) is 3.92. The Morgan fingerprint density at radius 3 is 2.67 bits per heavy atom. The van der Waals surface area contributed by atoms with Gasteiger partial charge in [0.2, 0.25) is 0 Å². The SMILES string of the molecule is COC(=O)c1c(N)cccc1C1(N)CC1. The van der Waals surface area contributed by atoms with Gasteiger partial charge < -0.3 is 16.2 Å². The first-order valence-corrected chi connectivity index (χ1v) is 4.84. The molecule has 1 aromatic rings. The third kappa shape index (κ3) is 1.57. The maximum atomic E-state index is 11.6. The minimum absolute atomic E-state index is 0.376.